The van der Waals surface area contributed by atoms with Gasteiger partial charge in [0.1, 0.15) is 11.3 Å². The zero-order valence-corrected chi connectivity index (χ0v) is 17.2. The van der Waals surface area contributed by atoms with Gasteiger partial charge in [-0.1, -0.05) is 29.3 Å². The van der Waals surface area contributed by atoms with Gasteiger partial charge in [0.25, 0.3) is 0 Å². The summed E-state index contributed by atoms with van der Waals surface area (Å²) in [5, 5.41) is 1.08. The molecule has 0 unspecified atom stereocenters. The predicted molar refractivity (Wildman–Crippen MR) is 116 cm³/mol. The highest BCUT2D eigenvalue weighted by Gasteiger charge is 2.22. The van der Waals surface area contributed by atoms with Gasteiger partial charge in [-0.25, -0.2) is 4.79 Å². The molecule has 0 aliphatic carbocycles. The van der Waals surface area contributed by atoms with Gasteiger partial charge in [0, 0.05) is 15.6 Å². The number of esters is 1. The molecule has 0 atom stereocenters. The molecule has 30 heavy (non-hydrogen) atoms. The third-order valence-corrected chi connectivity index (χ3v) is 4.90. The zero-order valence-electron chi connectivity index (χ0n) is 15.6. The van der Waals surface area contributed by atoms with Gasteiger partial charge in [-0.3, -0.25) is 4.79 Å². The summed E-state index contributed by atoms with van der Waals surface area (Å²) in [4.78, 5) is 26.0. The van der Waals surface area contributed by atoms with Crippen LogP contribution in [0.25, 0.3) is 22.3 Å². The van der Waals surface area contributed by atoms with E-state index in [1.54, 1.807) is 54.6 Å². The molecule has 150 valence electrons. The summed E-state index contributed by atoms with van der Waals surface area (Å²) in [6.45, 7) is 0. The topological polar surface area (TPSA) is 65.7 Å². The van der Waals surface area contributed by atoms with E-state index in [1.165, 1.54) is 19.2 Å². The third-order valence-electron chi connectivity index (χ3n) is 4.42. The first-order valence-corrected chi connectivity index (χ1v) is 9.60. The summed E-state index contributed by atoms with van der Waals surface area (Å²) < 4.78 is 16.6. The van der Waals surface area contributed by atoms with Gasteiger partial charge in [-0.15, -0.1) is 0 Å². The van der Waals surface area contributed by atoms with Crippen molar-refractivity contribution in [3.63, 3.8) is 0 Å². The maximum Gasteiger partial charge on any atom is 0.343 e. The maximum atomic E-state index is 13.2. The van der Waals surface area contributed by atoms with Crippen molar-refractivity contribution < 1.29 is 18.7 Å². The van der Waals surface area contributed by atoms with Crippen LogP contribution in [-0.2, 0) is 0 Å². The quantitative estimate of drug-likeness (QED) is 0.364. The summed E-state index contributed by atoms with van der Waals surface area (Å²) >= 11 is 12.0. The molecule has 0 aliphatic heterocycles. The average Bonchev–Trinajstić information content (AvgIpc) is 2.76. The van der Waals surface area contributed by atoms with Crippen LogP contribution in [0.15, 0.2) is 75.9 Å². The van der Waals surface area contributed by atoms with Crippen LogP contribution in [0.4, 0.5) is 0 Å². The molecule has 0 bridgehead atoms. The van der Waals surface area contributed by atoms with E-state index < -0.39 is 11.4 Å². The first-order chi connectivity index (χ1) is 14.5. The molecule has 0 amide bonds. The van der Waals surface area contributed by atoms with E-state index in [0.29, 0.717) is 26.9 Å². The van der Waals surface area contributed by atoms with Gasteiger partial charge in [-0.2, -0.15) is 0 Å². The molecule has 1 aromatic heterocycles. The van der Waals surface area contributed by atoms with Gasteiger partial charge in [-0.05, 0) is 60.7 Å². The fraction of sp³-hybridized carbons (Fsp3) is 0.0435. The van der Waals surface area contributed by atoms with Gasteiger partial charge in [0.15, 0.2) is 5.76 Å². The SMILES string of the molecule is COc1cccc(C(=O)Oc2c(-c3ccc(Cl)cc3)oc3ccc(Cl)cc3c2=O)c1. The monoisotopic (exact) mass is 440 g/mol. The number of hydrogen-bond donors (Lipinski definition) is 0. The standard InChI is InChI=1S/C23H14Cl2O5/c1-28-17-4-2-3-14(11-17)23(27)30-22-20(26)18-12-16(25)9-10-19(18)29-21(22)13-5-7-15(24)8-6-13/h2-12H,1H3. The van der Waals surface area contributed by atoms with E-state index in [2.05, 4.69) is 0 Å². The van der Waals surface area contributed by atoms with Crippen molar-refractivity contribution in [2.24, 2.45) is 0 Å². The summed E-state index contributed by atoms with van der Waals surface area (Å²) in [5.74, 6) is -0.361. The summed E-state index contributed by atoms with van der Waals surface area (Å²) in [6, 6.07) is 17.7. The van der Waals surface area contributed by atoms with Crippen molar-refractivity contribution >= 4 is 40.1 Å². The zero-order chi connectivity index (χ0) is 21.3. The van der Waals surface area contributed by atoms with Crippen molar-refractivity contribution in [3.05, 3.63) is 92.6 Å². The van der Waals surface area contributed by atoms with Gasteiger partial charge in [0.05, 0.1) is 18.1 Å². The Hall–Kier alpha value is -3.28. The second-order valence-corrected chi connectivity index (χ2v) is 7.23. The molecule has 4 rings (SSSR count). The van der Waals surface area contributed by atoms with Crippen LogP contribution in [-0.4, -0.2) is 13.1 Å². The lowest BCUT2D eigenvalue weighted by Gasteiger charge is -2.11. The molecule has 0 fully saturated rings. The van der Waals surface area contributed by atoms with Crippen LogP contribution in [0.1, 0.15) is 10.4 Å². The number of halogens is 2. The average molecular weight is 441 g/mol. The molecule has 3 aromatic carbocycles. The van der Waals surface area contributed by atoms with Crippen molar-refractivity contribution in [2.45, 2.75) is 0 Å². The lowest BCUT2D eigenvalue weighted by atomic mass is 10.1. The third kappa shape index (κ3) is 3.90. The Kier molecular flexibility index (Phi) is 5.48. The Morgan fingerprint density at radius 1 is 0.933 bits per heavy atom. The number of rotatable bonds is 4. The Balaban J connectivity index is 1.88. The predicted octanol–water partition coefficient (Wildman–Crippen LogP) is 5.99. The first kappa shape index (κ1) is 20.0. The number of carbonyl (C=O) groups is 1. The minimum Gasteiger partial charge on any atom is -0.497 e. The minimum absolute atomic E-state index is 0.114. The van der Waals surface area contributed by atoms with Crippen molar-refractivity contribution in [2.75, 3.05) is 7.11 Å². The van der Waals surface area contributed by atoms with Gasteiger partial charge >= 0.3 is 5.97 Å². The lowest BCUT2D eigenvalue weighted by molar-refractivity contribution is 0.0731. The summed E-state index contributed by atoms with van der Waals surface area (Å²) in [5.41, 5.74) is 0.555. The van der Waals surface area contributed by atoms with E-state index in [0.717, 1.165) is 0 Å². The highest BCUT2D eigenvalue weighted by Crippen LogP contribution is 2.33. The molecular weight excluding hydrogens is 427 g/mol. The molecule has 4 aromatic rings. The second kappa shape index (κ2) is 8.22. The van der Waals surface area contributed by atoms with Crippen LogP contribution in [0.2, 0.25) is 10.0 Å². The fourth-order valence-electron chi connectivity index (χ4n) is 2.94. The van der Waals surface area contributed by atoms with Crippen molar-refractivity contribution in [1.29, 1.82) is 0 Å². The van der Waals surface area contributed by atoms with Crippen LogP contribution < -0.4 is 14.9 Å². The number of benzene rings is 3. The molecule has 0 saturated heterocycles. The van der Waals surface area contributed by atoms with Crippen molar-refractivity contribution in [1.82, 2.24) is 0 Å². The molecule has 0 N–H and O–H groups in total. The van der Waals surface area contributed by atoms with E-state index in [4.69, 9.17) is 37.1 Å². The molecule has 7 heteroatoms. The highest BCUT2D eigenvalue weighted by molar-refractivity contribution is 6.31. The molecule has 0 aliphatic rings. The number of ether oxygens (including phenoxy) is 2. The van der Waals surface area contributed by atoms with Crippen LogP contribution in [0, 0.1) is 0 Å². The fourth-order valence-corrected chi connectivity index (χ4v) is 3.23. The first-order valence-electron chi connectivity index (χ1n) is 8.85. The molecule has 0 spiro atoms. The molecule has 0 saturated carbocycles. The molecular formula is C23H14Cl2O5. The Bertz CT molecular complexity index is 1310. The Morgan fingerprint density at radius 3 is 2.40 bits per heavy atom. The van der Waals surface area contributed by atoms with Crippen LogP contribution in [0.5, 0.6) is 11.5 Å². The van der Waals surface area contributed by atoms with Crippen LogP contribution in [0.3, 0.4) is 0 Å². The van der Waals surface area contributed by atoms with Gasteiger partial charge < -0.3 is 13.9 Å². The Morgan fingerprint density at radius 2 is 1.67 bits per heavy atom. The number of fused-ring (bicyclic) bond motifs is 1. The summed E-state index contributed by atoms with van der Waals surface area (Å²) in [6.07, 6.45) is 0. The van der Waals surface area contributed by atoms with Crippen LogP contribution >= 0.6 is 23.2 Å². The van der Waals surface area contributed by atoms with Gasteiger partial charge in [0.2, 0.25) is 11.2 Å². The van der Waals surface area contributed by atoms with Crippen molar-refractivity contribution in [3.8, 4) is 22.8 Å². The number of carbonyl (C=O) groups excluding carboxylic acids is 1. The highest BCUT2D eigenvalue weighted by atomic mass is 35.5. The van der Waals surface area contributed by atoms with E-state index >= 15 is 0 Å². The summed E-state index contributed by atoms with van der Waals surface area (Å²) in [7, 11) is 1.49. The minimum atomic E-state index is -0.724. The Labute approximate surface area is 181 Å². The number of hydrogen-bond acceptors (Lipinski definition) is 5. The molecule has 1 heterocycles. The normalized spacial score (nSPS) is 10.8. The maximum absolute atomic E-state index is 13.2. The molecule has 0 radical (unpaired) electrons. The smallest absolute Gasteiger partial charge is 0.343 e. The van der Waals surface area contributed by atoms with E-state index in [1.807, 2.05) is 0 Å². The lowest BCUT2D eigenvalue weighted by Crippen LogP contribution is -2.16. The number of methoxy groups -OCH3 is 1. The largest absolute Gasteiger partial charge is 0.497 e. The van der Waals surface area contributed by atoms with E-state index in [-0.39, 0.29) is 22.5 Å². The second-order valence-electron chi connectivity index (χ2n) is 6.36. The van der Waals surface area contributed by atoms with E-state index in [9.17, 15) is 9.59 Å². The molecule has 5 nitrogen and oxygen atoms in total.